The molecule has 1 heterocycles. The molecule has 34 heavy (non-hydrogen) atoms. The summed E-state index contributed by atoms with van der Waals surface area (Å²) in [7, 11) is -2.26. The van der Waals surface area contributed by atoms with Crippen LogP contribution in [0.1, 0.15) is 37.5 Å². The van der Waals surface area contributed by atoms with Gasteiger partial charge in [0.25, 0.3) is 0 Å². The number of oxazole rings is 1. The van der Waals surface area contributed by atoms with Gasteiger partial charge in [-0.25, -0.2) is 23.6 Å². The fourth-order valence-corrected chi connectivity index (χ4v) is 5.95. The Bertz CT molecular complexity index is 1270. The number of thiocarbonyl (C=S) groups is 1. The number of halogens is 1. The van der Waals surface area contributed by atoms with Gasteiger partial charge in [-0.2, -0.15) is 0 Å². The van der Waals surface area contributed by atoms with Crippen LogP contribution >= 0.6 is 35.6 Å². The monoisotopic (exact) mass is 537 g/mol. The lowest BCUT2D eigenvalue weighted by Gasteiger charge is -2.27. The molecular weight excluding hydrogens is 514 g/mol. The van der Waals surface area contributed by atoms with Crippen LogP contribution in [-0.2, 0) is 10.0 Å². The summed E-state index contributed by atoms with van der Waals surface area (Å²) in [5.74, 6) is 1.37. The van der Waals surface area contributed by atoms with E-state index in [1.165, 1.54) is 30.9 Å². The lowest BCUT2D eigenvalue weighted by Crippen LogP contribution is -2.23. The van der Waals surface area contributed by atoms with E-state index in [1.807, 2.05) is 12.1 Å². The Balaban J connectivity index is 1.63. The maximum atomic E-state index is 11.6. The number of benzene rings is 2. The minimum Gasteiger partial charge on any atom is -0.440 e. The van der Waals surface area contributed by atoms with E-state index in [1.54, 1.807) is 24.3 Å². The second-order valence-corrected chi connectivity index (χ2v) is 12.1. The van der Waals surface area contributed by atoms with Gasteiger partial charge in [-0.05, 0) is 62.1 Å². The molecule has 1 aliphatic rings. The molecule has 3 N–H and O–H groups in total. The van der Waals surface area contributed by atoms with E-state index in [0.717, 1.165) is 36.3 Å². The van der Waals surface area contributed by atoms with E-state index in [0.29, 0.717) is 37.5 Å². The smallest absolute Gasteiger partial charge is 0.238 e. The minimum absolute atomic E-state index is 0.0336. The highest BCUT2D eigenvalue weighted by molar-refractivity contribution is 8.23. The number of hydrogen-bond donors (Lipinski definition) is 2. The maximum Gasteiger partial charge on any atom is 0.238 e. The molecule has 0 aliphatic heterocycles. The van der Waals surface area contributed by atoms with Crippen molar-refractivity contribution < 1.29 is 18.0 Å². The molecule has 0 unspecified atom stereocenters. The van der Waals surface area contributed by atoms with E-state index in [4.69, 9.17) is 38.4 Å². The summed E-state index contributed by atoms with van der Waals surface area (Å²) in [6, 6.07) is 13.6. The van der Waals surface area contributed by atoms with Crippen LogP contribution in [-0.4, -0.2) is 40.3 Å². The van der Waals surface area contributed by atoms with Gasteiger partial charge in [-0.15, -0.1) is 0 Å². The van der Waals surface area contributed by atoms with Crippen molar-refractivity contribution in [3.05, 3.63) is 59.4 Å². The molecule has 0 radical (unpaired) electrons. The molecule has 1 aliphatic carbocycles. The maximum absolute atomic E-state index is 11.6. The van der Waals surface area contributed by atoms with Gasteiger partial charge in [0.05, 0.1) is 4.90 Å². The number of hydrogen-bond acceptors (Lipinski definition) is 7. The van der Waals surface area contributed by atoms with E-state index in [9.17, 15) is 13.6 Å². The Morgan fingerprint density at radius 1 is 1.12 bits per heavy atom. The molecule has 1 aromatic heterocycles. The Morgan fingerprint density at radius 2 is 1.71 bits per heavy atom. The molecule has 11 heteroatoms. The number of primary sulfonamides is 1. The molecule has 0 spiro atoms. The van der Waals surface area contributed by atoms with Crippen molar-refractivity contribution in [3.8, 4) is 22.6 Å². The van der Waals surface area contributed by atoms with Crippen molar-refractivity contribution in [2.45, 2.75) is 41.7 Å². The second-order valence-electron chi connectivity index (χ2n) is 8.19. The van der Waals surface area contributed by atoms with Crippen molar-refractivity contribution >= 4 is 49.9 Å². The molecule has 0 atom stereocenters. The second kappa shape index (κ2) is 10.3. The van der Waals surface area contributed by atoms with Gasteiger partial charge in [-0.1, -0.05) is 47.7 Å². The van der Waals surface area contributed by atoms with E-state index < -0.39 is 10.0 Å². The topological polar surface area (TPSA) is 110 Å². The van der Waals surface area contributed by atoms with E-state index in [2.05, 4.69) is 0 Å². The summed E-state index contributed by atoms with van der Waals surface area (Å²) in [5.41, 5.74) is 2.23. The van der Waals surface area contributed by atoms with Crippen molar-refractivity contribution in [1.29, 1.82) is 0 Å². The Labute approximate surface area is 213 Å². The molecule has 4 rings (SSSR count). The Hall–Kier alpha value is -1.95. The molecule has 0 saturated heterocycles. The summed E-state index contributed by atoms with van der Waals surface area (Å²) in [4.78, 5) is 4.90. The third-order valence-corrected chi connectivity index (χ3v) is 8.77. The predicted octanol–water partition coefficient (Wildman–Crippen LogP) is 5.67. The first-order chi connectivity index (χ1) is 16.1. The zero-order valence-electron chi connectivity index (χ0n) is 18.3. The highest BCUT2D eigenvalue weighted by Crippen LogP contribution is 2.41. The Morgan fingerprint density at radius 3 is 2.26 bits per heavy atom. The average Bonchev–Trinajstić information content (AvgIpc) is 3.25. The molecule has 1 fully saturated rings. The van der Waals surface area contributed by atoms with Crippen LogP contribution in [0.3, 0.4) is 0 Å². The van der Waals surface area contributed by atoms with Gasteiger partial charge in [0.2, 0.25) is 10.0 Å². The molecule has 7 nitrogen and oxygen atoms in total. The molecule has 180 valence electrons. The fourth-order valence-electron chi connectivity index (χ4n) is 3.95. The first-order valence-corrected chi connectivity index (χ1v) is 13.9. The number of aromatic nitrogens is 1. The number of rotatable bonds is 5. The van der Waals surface area contributed by atoms with E-state index in [-0.39, 0.29) is 10.8 Å². The zero-order valence-corrected chi connectivity index (χ0v) is 21.6. The van der Waals surface area contributed by atoms with Crippen LogP contribution in [0.5, 0.6) is 0 Å². The highest BCUT2D eigenvalue weighted by atomic mass is 35.5. The zero-order chi connectivity index (χ0) is 24.5. The van der Waals surface area contributed by atoms with Crippen molar-refractivity contribution in [1.82, 2.24) is 10.0 Å². The molecule has 0 amide bonds. The lowest BCUT2D eigenvalue weighted by atomic mass is 9.89. The van der Waals surface area contributed by atoms with E-state index >= 15 is 0 Å². The van der Waals surface area contributed by atoms with Crippen molar-refractivity contribution in [3.63, 3.8) is 0 Å². The number of hydroxylamine groups is 2. The minimum atomic E-state index is -3.79. The Kier molecular flexibility index (Phi) is 7.66. The normalized spacial score (nSPS) is 18.6. The molecule has 0 bridgehead atoms. The molecule has 2 aromatic carbocycles. The average molecular weight is 538 g/mol. The van der Waals surface area contributed by atoms with Crippen LogP contribution < -0.4 is 5.14 Å². The quantitative estimate of drug-likeness (QED) is 0.316. The first kappa shape index (κ1) is 25.2. The standard InChI is InChI=1S/C23H24ClN3O4S3/c1-27(28)23(32)33-18-10-4-16(5-11-18)22-26-20(14-2-8-17(24)9-3-14)21(31-22)15-6-12-19(13-7-15)34(25,29)30/h2-3,6-9,12-13,16,18,28H,4-5,10-11H2,1H3,(H2,25,29,30). The van der Waals surface area contributed by atoms with Crippen LogP contribution in [0.15, 0.2) is 57.8 Å². The summed E-state index contributed by atoms with van der Waals surface area (Å²) in [6.07, 6.45) is 3.64. The third kappa shape index (κ3) is 5.81. The lowest BCUT2D eigenvalue weighted by molar-refractivity contribution is 0.0204. The van der Waals surface area contributed by atoms with Crippen molar-refractivity contribution in [2.24, 2.45) is 5.14 Å². The third-order valence-electron chi connectivity index (χ3n) is 5.76. The highest BCUT2D eigenvalue weighted by Gasteiger charge is 2.29. The van der Waals surface area contributed by atoms with Crippen molar-refractivity contribution in [2.75, 3.05) is 7.05 Å². The van der Waals surface area contributed by atoms with Gasteiger partial charge in [0.15, 0.2) is 16.0 Å². The predicted molar refractivity (Wildman–Crippen MR) is 138 cm³/mol. The summed E-state index contributed by atoms with van der Waals surface area (Å²) >= 11 is 12.8. The number of thioether (sulfide) groups is 1. The van der Waals surface area contributed by atoms with Crippen LogP contribution in [0.2, 0.25) is 5.02 Å². The van der Waals surface area contributed by atoms with Crippen LogP contribution in [0.25, 0.3) is 22.6 Å². The van der Waals surface area contributed by atoms with Gasteiger partial charge < -0.3 is 4.42 Å². The molecule has 3 aromatic rings. The fraction of sp³-hybridized carbons (Fsp3) is 0.304. The summed E-state index contributed by atoms with van der Waals surface area (Å²) in [6.45, 7) is 0. The molecule has 1 saturated carbocycles. The largest absolute Gasteiger partial charge is 0.440 e. The SMILES string of the molecule is CN(O)C(=S)SC1CCC(c2nc(-c3ccc(Cl)cc3)c(-c3ccc(S(N)(=O)=O)cc3)o2)CC1. The van der Waals surface area contributed by atoms with Gasteiger partial charge >= 0.3 is 0 Å². The summed E-state index contributed by atoms with van der Waals surface area (Å²) < 4.78 is 30.1. The number of nitrogens with zero attached hydrogens (tertiary/aromatic N) is 2. The summed E-state index contributed by atoms with van der Waals surface area (Å²) in [5, 5.41) is 16.7. The first-order valence-electron chi connectivity index (χ1n) is 10.6. The van der Waals surface area contributed by atoms with Gasteiger partial charge in [-0.3, -0.25) is 5.21 Å². The van der Waals surface area contributed by atoms with Crippen LogP contribution in [0, 0.1) is 0 Å². The number of nitrogens with two attached hydrogens (primary N) is 1. The number of sulfonamides is 1. The molecular formula is C23H24ClN3O4S3. The van der Waals surface area contributed by atoms with Crippen LogP contribution in [0.4, 0.5) is 0 Å². The van der Waals surface area contributed by atoms with Gasteiger partial charge in [0.1, 0.15) is 5.69 Å². The van der Waals surface area contributed by atoms with Gasteiger partial charge in [0, 0.05) is 34.4 Å².